The van der Waals surface area contributed by atoms with Crippen molar-refractivity contribution in [1.82, 2.24) is 4.72 Å². The zero-order chi connectivity index (χ0) is 15.9. The van der Waals surface area contributed by atoms with Crippen LogP contribution in [0.25, 0.3) is 0 Å². The molecule has 0 radical (unpaired) electrons. The molecule has 0 amide bonds. The predicted molar refractivity (Wildman–Crippen MR) is 88.8 cm³/mol. The van der Waals surface area contributed by atoms with E-state index in [2.05, 4.69) is 23.8 Å². The molecular formula is C17H27NO2S. The smallest absolute Gasteiger partial charge is 0.208 e. The number of benzene rings is 1. The first-order valence-electron chi connectivity index (χ1n) is 7.62. The number of rotatable bonds is 8. The van der Waals surface area contributed by atoms with E-state index in [9.17, 15) is 8.42 Å². The van der Waals surface area contributed by atoms with E-state index < -0.39 is 10.0 Å². The van der Waals surface area contributed by atoms with Crippen LogP contribution in [0.3, 0.4) is 0 Å². The third kappa shape index (κ3) is 6.02. The fourth-order valence-electron chi connectivity index (χ4n) is 1.94. The zero-order valence-electron chi connectivity index (χ0n) is 13.5. The molecule has 118 valence electrons. The fourth-order valence-corrected chi connectivity index (χ4v) is 3.27. The minimum atomic E-state index is -3.44. The second kappa shape index (κ2) is 8.35. The van der Waals surface area contributed by atoms with Crippen molar-refractivity contribution >= 4 is 10.0 Å². The first-order chi connectivity index (χ1) is 9.86. The summed E-state index contributed by atoms with van der Waals surface area (Å²) in [5.74, 6) is 0.169. The maximum absolute atomic E-state index is 12.3. The molecule has 21 heavy (non-hydrogen) atoms. The Labute approximate surface area is 129 Å². The van der Waals surface area contributed by atoms with Gasteiger partial charge in [0.25, 0.3) is 0 Å². The average Bonchev–Trinajstić information content (AvgIpc) is 2.43. The number of unbranched alkanes of at least 4 members (excludes halogenated alkanes) is 2. The van der Waals surface area contributed by atoms with Crippen LogP contribution in [0.1, 0.15) is 45.6 Å². The lowest BCUT2D eigenvalue weighted by molar-refractivity contribution is 0.508. The first-order valence-corrected chi connectivity index (χ1v) is 9.10. The fraction of sp³-hybridized carbons (Fsp3) is 0.529. The first kappa shape index (κ1) is 17.9. The van der Waals surface area contributed by atoms with E-state index in [1.165, 1.54) is 12.8 Å². The lowest BCUT2D eigenvalue weighted by atomic mass is 10.0. The summed E-state index contributed by atoms with van der Waals surface area (Å²) in [5, 5.41) is 0. The molecule has 4 heteroatoms. The van der Waals surface area contributed by atoms with Crippen molar-refractivity contribution in [2.24, 2.45) is 5.92 Å². The van der Waals surface area contributed by atoms with Crippen LogP contribution in [0, 0.1) is 12.8 Å². The maximum atomic E-state index is 12.3. The van der Waals surface area contributed by atoms with Crippen LogP contribution >= 0.6 is 0 Å². The van der Waals surface area contributed by atoms with E-state index in [1.54, 1.807) is 12.1 Å². The molecule has 0 saturated heterocycles. The highest BCUT2D eigenvalue weighted by molar-refractivity contribution is 7.89. The van der Waals surface area contributed by atoms with Gasteiger partial charge < -0.3 is 0 Å². The summed E-state index contributed by atoms with van der Waals surface area (Å²) in [4.78, 5) is 0.321. The minimum absolute atomic E-state index is 0.130. The van der Waals surface area contributed by atoms with Crippen molar-refractivity contribution in [3.63, 3.8) is 0 Å². The summed E-state index contributed by atoms with van der Waals surface area (Å²) in [6, 6.07) is 6.79. The van der Waals surface area contributed by atoms with Gasteiger partial charge in [-0.3, -0.25) is 0 Å². The van der Waals surface area contributed by atoms with Gasteiger partial charge in [-0.25, -0.2) is 13.1 Å². The Morgan fingerprint density at radius 1 is 1.19 bits per heavy atom. The van der Waals surface area contributed by atoms with E-state index in [-0.39, 0.29) is 12.0 Å². The van der Waals surface area contributed by atoms with E-state index in [0.29, 0.717) is 4.90 Å². The molecule has 2 atom stereocenters. The summed E-state index contributed by atoms with van der Waals surface area (Å²) in [5.41, 5.74) is 1.05. The van der Waals surface area contributed by atoms with Gasteiger partial charge in [0, 0.05) is 6.04 Å². The molecule has 1 aromatic rings. The number of nitrogens with one attached hydrogen (secondary N) is 1. The maximum Gasteiger partial charge on any atom is 0.240 e. The molecule has 0 heterocycles. The lowest BCUT2D eigenvalue weighted by Crippen LogP contribution is -2.36. The molecule has 0 aliphatic heterocycles. The van der Waals surface area contributed by atoms with Crippen LogP contribution in [0.15, 0.2) is 41.3 Å². The summed E-state index contributed by atoms with van der Waals surface area (Å²) < 4.78 is 27.4. The highest BCUT2D eigenvalue weighted by Crippen LogP contribution is 2.13. The van der Waals surface area contributed by atoms with Gasteiger partial charge in [0.15, 0.2) is 0 Å². The van der Waals surface area contributed by atoms with Crippen molar-refractivity contribution in [2.45, 2.75) is 57.9 Å². The highest BCUT2D eigenvalue weighted by atomic mass is 32.2. The lowest BCUT2D eigenvalue weighted by Gasteiger charge is -2.18. The molecule has 3 nitrogen and oxygen atoms in total. The third-order valence-electron chi connectivity index (χ3n) is 3.62. The Morgan fingerprint density at radius 3 is 2.38 bits per heavy atom. The molecule has 0 bridgehead atoms. The Hall–Kier alpha value is -1.13. The summed E-state index contributed by atoms with van der Waals surface area (Å²) in [6.45, 7) is 8.04. The number of hydrogen-bond donors (Lipinski definition) is 1. The molecule has 0 aromatic heterocycles. The molecule has 1 N–H and O–H groups in total. The zero-order valence-corrected chi connectivity index (χ0v) is 14.3. The quantitative estimate of drug-likeness (QED) is 0.582. The van der Waals surface area contributed by atoms with Crippen LogP contribution in [-0.2, 0) is 10.0 Å². The number of hydrogen-bond acceptors (Lipinski definition) is 2. The van der Waals surface area contributed by atoms with Crippen molar-refractivity contribution in [3.8, 4) is 0 Å². The molecule has 0 spiro atoms. The van der Waals surface area contributed by atoms with Crippen LogP contribution in [-0.4, -0.2) is 14.5 Å². The molecular weight excluding hydrogens is 282 g/mol. The average molecular weight is 309 g/mol. The Morgan fingerprint density at radius 2 is 1.81 bits per heavy atom. The van der Waals surface area contributed by atoms with Gasteiger partial charge in [0.2, 0.25) is 10.0 Å². The topological polar surface area (TPSA) is 46.2 Å². The van der Waals surface area contributed by atoms with Crippen LogP contribution in [0.5, 0.6) is 0 Å². The van der Waals surface area contributed by atoms with E-state index >= 15 is 0 Å². The number of sulfonamides is 1. The van der Waals surface area contributed by atoms with E-state index in [4.69, 9.17) is 0 Å². The van der Waals surface area contributed by atoms with Gasteiger partial charge in [-0.15, -0.1) is 0 Å². The van der Waals surface area contributed by atoms with E-state index in [1.807, 2.05) is 32.9 Å². The minimum Gasteiger partial charge on any atom is -0.208 e. The second-order valence-corrected chi connectivity index (χ2v) is 7.37. The molecule has 1 aromatic carbocycles. The monoisotopic (exact) mass is 309 g/mol. The molecule has 1 rings (SSSR count). The summed E-state index contributed by atoms with van der Waals surface area (Å²) >= 11 is 0. The molecule has 0 saturated carbocycles. The van der Waals surface area contributed by atoms with Gasteiger partial charge in [-0.05, 0) is 38.3 Å². The van der Waals surface area contributed by atoms with Gasteiger partial charge in [0.05, 0.1) is 4.90 Å². The second-order valence-electron chi connectivity index (χ2n) is 5.65. The Kier molecular flexibility index (Phi) is 7.12. The van der Waals surface area contributed by atoms with Gasteiger partial charge in [-0.2, -0.15) is 0 Å². The molecule has 0 aliphatic rings. The van der Waals surface area contributed by atoms with E-state index in [0.717, 1.165) is 12.0 Å². The summed E-state index contributed by atoms with van der Waals surface area (Å²) in [7, 11) is -3.44. The van der Waals surface area contributed by atoms with Crippen LogP contribution < -0.4 is 4.72 Å². The van der Waals surface area contributed by atoms with Crippen molar-refractivity contribution in [2.75, 3.05) is 0 Å². The summed E-state index contributed by atoms with van der Waals surface area (Å²) in [6.07, 6.45) is 7.64. The van der Waals surface area contributed by atoms with Crippen LogP contribution in [0.4, 0.5) is 0 Å². The Balaban J connectivity index is 2.65. The van der Waals surface area contributed by atoms with Crippen molar-refractivity contribution in [1.29, 1.82) is 0 Å². The Bertz CT molecular complexity index is 547. The SMILES string of the molecule is CCCC/C=C\[C@H](C)[C@@H](C)NS(=O)(=O)c1ccc(C)cc1. The van der Waals surface area contributed by atoms with Crippen molar-refractivity contribution in [3.05, 3.63) is 42.0 Å². The van der Waals surface area contributed by atoms with Crippen molar-refractivity contribution < 1.29 is 8.42 Å². The van der Waals surface area contributed by atoms with Crippen LogP contribution in [0.2, 0.25) is 0 Å². The van der Waals surface area contributed by atoms with Gasteiger partial charge in [0.1, 0.15) is 0 Å². The molecule has 0 aliphatic carbocycles. The highest BCUT2D eigenvalue weighted by Gasteiger charge is 2.19. The standard InChI is InChI=1S/C17H27NO2S/c1-5-6-7-8-9-15(3)16(4)18-21(19,20)17-12-10-14(2)11-13-17/h8-13,15-16,18H,5-7H2,1-4H3/b9-8-/t15-,16+/m0/s1. The predicted octanol–water partition coefficient (Wildman–Crippen LogP) is 4.04. The number of allylic oxidation sites excluding steroid dienone is 1. The number of aryl methyl sites for hydroxylation is 1. The third-order valence-corrected chi connectivity index (χ3v) is 5.20. The van der Waals surface area contributed by atoms with Gasteiger partial charge >= 0.3 is 0 Å². The molecule has 0 fully saturated rings. The normalized spacial score (nSPS) is 15.2. The van der Waals surface area contributed by atoms with Gasteiger partial charge in [-0.1, -0.05) is 56.5 Å². The largest absolute Gasteiger partial charge is 0.240 e. The molecule has 0 unspecified atom stereocenters.